The predicted molar refractivity (Wildman–Crippen MR) is 71.1 cm³/mol. The molecule has 112 valence electrons. The highest BCUT2D eigenvalue weighted by atomic mass is 19.1. The molecule has 5 nitrogen and oxygen atoms in total. The fourth-order valence-corrected chi connectivity index (χ4v) is 2.12. The molecule has 7 heteroatoms. The van der Waals surface area contributed by atoms with Gasteiger partial charge < -0.3 is 5.11 Å². The number of aromatic carboxylic acids is 1. The maximum absolute atomic E-state index is 13.7. The Bertz CT molecular complexity index is 690. The minimum atomic E-state index is -1.19. The smallest absolute Gasteiger partial charge is 0.358 e. The average Bonchev–Trinajstić information content (AvgIpc) is 2.76. The first-order chi connectivity index (χ1) is 9.70. The standard InChI is InChI=1S/C14H15F2N3O2/c1-14(2,3)12-11(13(20)21)17-18-19(12)7-8-4-5-9(15)6-10(8)16/h4-6H,7H2,1-3H3,(H,20,21). The molecule has 0 aliphatic carbocycles. The van der Waals surface area contributed by atoms with E-state index in [4.69, 9.17) is 5.11 Å². The summed E-state index contributed by atoms with van der Waals surface area (Å²) in [6.45, 7) is 5.43. The summed E-state index contributed by atoms with van der Waals surface area (Å²) >= 11 is 0. The van der Waals surface area contributed by atoms with E-state index < -0.39 is 23.0 Å². The zero-order valence-electron chi connectivity index (χ0n) is 11.9. The predicted octanol–water partition coefficient (Wildman–Crippen LogP) is 2.60. The van der Waals surface area contributed by atoms with Gasteiger partial charge >= 0.3 is 5.97 Å². The Kier molecular flexibility index (Phi) is 3.76. The Hall–Kier alpha value is -2.31. The van der Waals surface area contributed by atoms with E-state index in [1.54, 1.807) is 0 Å². The number of hydrogen-bond donors (Lipinski definition) is 1. The molecule has 0 spiro atoms. The molecule has 1 aromatic heterocycles. The molecule has 2 aromatic rings. The van der Waals surface area contributed by atoms with Gasteiger partial charge in [0, 0.05) is 17.0 Å². The van der Waals surface area contributed by atoms with Crippen molar-refractivity contribution in [3.8, 4) is 0 Å². The van der Waals surface area contributed by atoms with Crippen LogP contribution >= 0.6 is 0 Å². The lowest BCUT2D eigenvalue weighted by Crippen LogP contribution is -2.22. The number of hydrogen-bond acceptors (Lipinski definition) is 3. The molecule has 0 radical (unpaired) electrons. The largest absolute Gasteiger partial charge is 0.476 e. The molecule has 0 fully saturated rings. The fraction of sp³-hybridized carbons (Fsp3) is 0.357. The normalized spacial score (nSPS) is 11.7. The third-order valence-corrected chi connectivity index (χ3v) is 2.98. The van der Waals surface area contributed by atoms with Gasteiger partial charge in [0.25, 0.3) is 0 Å². The van der Waals surface area contributed by atoms with Crippen molar-refractivity contribution in [3.05, 3.63) is 46.8 Å². The Morgan fingerprint density at radius 3 is 2.52 bits per heavy atom. The van der Waals surface area contributed by atoms with E-state index >= 15 is 0 Å². The zero-order valence-corrected chi connectivity index (χ0v) is 11.9. The van der Waals surface area contributed by atoms with Gasteiger partial charge in [0.1, 0.15) is 11.6 Å². The van der Waals surface area contributed by atoms with Crippen molar-refractivity contribution in [1.82, 2.24) is 15.0 Å². The maximum atomic E-state index is 13.7. The summed E-state index contributed by atoms with van der Waals surface area (Å²) in [5.41, 5.74) is -0.0965. The lowest BCUT2D eigenvalue weighted by Gasteiger charge is -2.20. The SMILES string of the molecule is CC(C)(C)c1c(C(=O)O)nnn1Cc1ccc(F)cc1F. The van der Waals surface area contributed by atoms with Crippen LogP contribution in [0.4, 0.5) is 8.78 Å². The molecular weight excluding hydrogens is 280 g/mol. The van der Waals surface area contributed by atoms with Crippen LogP contribution in [0.3, 0.4) is 0 Å². The zero-order chi connectivity index (χ0) is 15.8. The van der Waals surface area contributed by atoms with Crippen molar-refractivity contribution in [2.75, 3.05) is 0 Å². The molecule has 21 heavy (non-hydrogen) atoms. The number of halogens is 2. The minimum absolute atomic E-state index is 0.0149. The number of aromatic nitrogens is 3. The van der Waals surface area contributed by atoms with Gasteiger partial charge in [-0.15, -0.1) is 5.10 Å². The van der Waals surface area contributed by atoms with E-state index in [0.29, 0.717) is 5.69 Å². The summed E-state index contributed by atoms with van der Waals surface area (Å²) in [6, 6.07) is 3.23. The molecule has 0 unspecified atom stereocenters. The van der Waals surface area contributed by atoms with Gasteiger partial charge in [-0.05, 0) is 6.07 Å². The van der Waals surface area contributed by atoms with Gasteiger partial charge in [-0.1, -0.05) is 32.1 Å². The highest BCUT2D eigenvalue weighted by molar-refractivity contribution is 5.86. The van der Waals surface area contributed by atoms with Crippen LogP contribution < -0.4 is 0 Å². The summed E-state index contributed by atoms with van der Waals surface area (Å²) in [4.78, 5) is 11.2. The molecule has 0 saturated carbocycles. The topological polar surface area (TPSA) is 68.0 Å². The van der Waals surface area contributed by atoms with Crippen LogP contribution in [-0.4, -0.2) is 26.1 Å². The van der Waals surface area contributed by atoms with E-state index in [9.17, 15) is 13.6 Å². The maximum Gasteiger partial charge on any atom is 0.358 e. The minimum Gasteiger partial charge on any atom is -0.476 e. The molecule has 0 saturated heterocycles. The van der Waals surface area contributed by atoms with Gasteiger partial charge in [0.05, 0.1) is 12.2 Å². The Labute approximate surface area is 120 Å². The molecular formula is C14H15F2N3O2. The molecule has 0 aliphatic rings. The number of benzene rings is 1. The van der Waals surface area contributed by atoms with Crippen LogP contribution in [0, 0.1) is 11.6 Å². The first-order valence-corrected chi connectivity index (χ1v) is 6.31. The first kappa shape index (κ1) is 15.1. The van der Waals surface area contributed by atoms with Crippen molar-refractivity contribution in [2.45, 2.75) is 32.7 Å². The lowest BCUT2D eigenvalue weighted by atomic mass is 9.90. The molecule has 2 rings (SSSR count). The van der Waals surface area contributed by atoms with E-state index in [2.05, 4.69) is 10.3 Å². The van der Waals surface area contributed by atoms with Crippen LogP contribution in [0.25, 0.3) is 0 Å². The van der Waals surface area contributed by atoms with Crippen LogP contribution in [0.1, 0.15) is 42.5 Å². The van der Waals surface area contributed by atoms with Gasteiger partial charge in [0.15, 0.2) is 5.69 Å². The van der Waals surface area contributed by atoms with Crippen LogP contribution in [0.2, 0.25) is 0 Å². The Morgan fingerprint density at radius 1 is 1.33 bits per heavy atom. The highest BCUT2D eigenvalue weighted by Crippen LogP contribution is 2.25. The molecule has 0 amide bonds. The summed E-state index contributed by atoms with van der Waals surface area (Å²) < 4.78 is 28.0. The van der Waals surface area contributed by atoms with Crippen molar-refractivity contribution in [3.63, 3.8) is 0 Å². The average molecular weight is 295 g/mol. The second-order valence-electron chi connectivity index (χ2n) is 5.74. The van der Waals surface area contributed by atoms with E-state index in [0.717, 1.165) is 12.1 Å². The van der Waals surface area contributed by atoms with E-state index in [1.165, 1.54) is 10.7 Å². The van der Waals surface area contributed by atoms with Gasteiger partial charge in [-0.2, -0.15) is 0 Å². The van der Waals surface area contributed by atoms with Gasteiger partial charge in [0.2, 0.25) is 0 Å². The molecule has 1 heterocycles. The van der Waals surface area contributed by atoms with Crippen LogP contribution in [0.15, 0.2) is 18.2 Å². The molecule has 1 aromatic carbocycles. The van der Waals surface area contributed by atoms with Gasteiger partial charge in [-0.25, -0.2) is 18.3 Å². The number of carboxylic acid groups (broad SMARTS) is 1. The second kappa shape index (κ2) is 5.23. The first-order valence-electron chi connectivity index (χ1n) is 6.31. The summed E-state index contributed by atoms with van der Waals surface area (Å²) in [5.74, 6) is -2.56. The van der Waals surface area contributed by atoms with E-state index in [1.807, 2.05) is 20.8 Å². The summed E-state index contributed by atoms with van der Waals surface area (Å²) in [7, 11) is 0. The van der Waals surface area contributed by atoms with E-state index in [-0.39, 0.29) is 17.8 Å². The molecule has 0 bridgehead atoms. The third-order valence-electron chi connectivity index (χ3n) is 2.98. The number of carbonyl (C=O) groups is 1. The van der Waals surface area contributed by atoms with Crippen LogP contribution in [0.5, 0.6) is 0 Å². The van der Waals surface area contributed by atoms with Crippen molar-refractivity contribution >= 4 is 5.97 Å². The summed E-state index contributed by atoms with van der Waals surface area (Å²) in [5, 5.41) is 16.6. The van der Waals surface area contributed by atoms with Crippen molar-refractivity contribution in [1.29, 1.82) is 0 Å². The summed E-state index contributed by atoms with van der Waals surface area (Å²) in [6.07, 6.45) is 0. The van der Waals surface area contributed by atoms with Crippen LogP contribution in [-0.2, 0) is 12.0 Å². The van der Waals surface area contributed by atoms with Crippen molar-refractivity contribution < 1.29 is 18.7 Å². The fourth-order valence-electron chi connectivity index (χ4n) is 2.12. The Morgan fingerprint density at radius 2 is 2.00 bits per heavy atom. The number of rotatable bonds is 3. The quantitative estimate of drug-likeness (QED) is 0.945. The Balaban J connectivity index is 2.47. The third kappa shape index (κ3) is 3.07. The molecule has 0 atom stereocenters. The second-order valence-corrected chi connectivity index (χ2v) is 5.74. The number of nitrogens with zero attached hydrogens (tertiary/aromatic N) is 3. The lowest BCUT2D eigenvalue weighted by molar-refractivity contribution is 0.0687. The van der Waals surface area contributed by atoms with Crippen molar-refractivity contribution in [2.24, 2.45) is 0 Å². The highest BCUT2D eigenvalue weighted by Gasteiger charge is 2.29. The monoisotopic (exact) mass is 295 g/mol. The molecule has 1 N–H and O–H groups in total. The number of carboxylic acids is 1. The van der Waals surface area contributed by atoms with Gasteiger partial charge in [-0.3, -0.25) is 0 Å². The molecule has 0 aliphatic heterocycles.